The van der Waals surface area contributed by atoms with Crippen molar-refractivity contribution in [2.45, 2.75) is 6.42 Å². The van der Waals surface area contributed by atoms with Gasteiger partial charge < -0.3 is 5.11 Å². The molecule has 2 rings (SSSR count). The van der Waals surface area contributed by atoms with Crippen LogP contribution in [-0.4, -0.2) is 32.4 Å². The summed E-state index contributed by atoms with van der Waals surface area (Å²) >= 11 is 0. The maximum atomic E-state index is 13.4. The predicted molar refractivity (Wildman–Crippen MR) is 73.9 cm³/mol. The summed E-state index contributed by atoms with van der Waals surface area (Å²) in [6, 6.07) is 3.75. The normalized spacial score (nSPS) is 9.86. The first-order chi connectivity index (χ1) is 10.1. The van der Waals surface area contributed by atoms with Crippen molar-refractivity contribution in [2.24, 2.45) is 7.05 Å². The topological polar surface area (TPSA) is 80.0 Å². The Morgan fingerprint density at radius 1 is 1.52 bits per heavy atom. The van der Waals surface area contributed by atoms with Crippen molar-refractivity contribution in [3.8, 4) is 11.8 Å². The van der Waals surface area contributed by atoms with Crippen LogP contribution in [0.4, 0.5) is 10.3 Å². The zero-order valence-corrected chi connectivity index (χ0v) is 11.3. The highest BCUT2D eigenvalue weighted by Gasteiger charge is 2.14. The molecule has 2 aromatic rings. The molecule has 0 atom stereocenters. The number of amides is 1. The minimum atomic E-state index is -0.536. The lowest BCUT2D eigenvalue weighted by Gasteiger charge is -2.06. The zero-order valence-electron chi connectivity index (χ0n) is 11.3. The second kappa shape index (κ2) is 6.63. The van der Waals surface area contributed by atoms with E-state index in [2.05, 4.69) is 27.2 Å². The number of anilines is 1. The molecule has 0 saturated carbocycles. The van der Waals surface area contributed by atoms with Crippen molar-refractivity contribution in [3.63, 3.8) is 0 Å². The third-order valence-electron chi connectivity index (χ3n) is 2.62. The maximum Gasteiger partial charge on any atom is 0.259 e. The first kappa shape index (κ1) is 14.7. The van der Waals surface area contributed by atoms with E-state index in [9.17, 15) is 9.18 Å². The molecule has 1 heterocycles. The molecule has 0 aliphatic carbocycles. The minimum Gasteiger partial charge on any atom is -0.395 e. The Labute approximate surface area is 120 Å². The number of nitrogens with zero attached hydrogens (tertiary/aromatic N) is 3. The average Bonchev–Trinajstić information content (AvgIpc) is 2.86. The summed E-state index contributed by atoms with van der Waals surface area (Å²) in [4.78, 5) is 16.1. The molecule has 1 amide bonds. The average molecular weight is 288 g/mol. The number of nitrogens with one attached hydrogen (secondary N) is 1. The number of aliphatic hydroxyl groups excluding tert-OH is 1. The van der Waals surface area contributed by atoms with Crippen LogP contribution in [0.25, 0.3) is 0 Å². The van der Waals surface area contributed by atoms with Gasteiger partial charge in [0.1, 0.15) is 12.1 Å². The number of carbonyl (C=O) groups excluding carboxylic acids is 1. The van der Waals surface area contributed by atoms with Crippen LogP contribution in [0.1, 0.15) is 22.3 Å². The second-order valence-corrected chi connectivity index (χ2v) is 4.13. The van der Waals surface area contributed by atoms with Gasteiger partial charge in [-0.3, -0.25) is 10.1 Å². The number of benzene rings is 1. The van der Waals surface area contributed by atoms with Crippen molar-refractivity contribution in [2.75, 3.05) is 11.9 Å². The molecule has 0 radical (unpaired) electrons. The van der Waals surface area contributed by atoms with Gasteiger partial charge in [0.2, 0.25) is 5.95 Å². The van der Waals surface area contributed by atoms with E-state index in [0.717, 1.165) is 6.07 Å². The van der Waals surface area contributed by atoms with Crippen LogP contribution in [0.15, 0.2) is 24.5 Å². The number of aromatic nitrogens is 3. The lowest BCUT2D eigenvalue weighted by atomic mass is 10.1. The molecule has 2 N–H and O–H groups in total. The smallest absolute Gasteiger partial charge is 0.259 e. The molecule has 0 unspecified atom stereocenters. The first-order valence-electron chi connectivity index (χ1n) is 6.16. The number of halogens is 1. The van der Waals surface area contributed by atoms with E-state index >= 15 is 0 Å². The van der Waals surface area contributed by atoms with Gasteiger partial charge in [-0.15, -0.1) is 0 Å². The van der Waals surface area contributed by atoms with Gasteiger partial charge in [0.05, 0.1) is 12.2 Å². The summed E-state index contributed by atoms with van der Waals surface area (Å²) in [5.41, 5.74) is 0.480. The van der Waals surface area contributed by atoms with Crippen molar-refractivity contribution in [1.82, 2.24) is 14.8 Å². The van der Waals surface area contributed by atoms with Crippen LogP contribution < -0.4 is 5.32 Å². The van der Waals surface area contributed by atoms with E-state index in [4.69, 9.17) is 5.11 Å². The highest BCUT2D eigenvalue weighted by molar-refractivity contribution is 6.05. The molecule has 6 nitrogen and oxygen atoms in total. The maximum absolute atomic E-state index is 13.4. The van der Waals surface area contributed by atoms with Gasteiger partial charge in [-0.1, -0.05) is 11.8 Å². The molecular weight excluding hydrogens is 275 g/mol. The van der Waals surface area contributed by atoms with Crippen LogP contribution in [0.2, 0.25) is 0 Å². The lowest BCUT2D eigenvalue weighted by Crippen LogP contribution is -2.17. The molecule has 0 bridgehead atoms. The molecule has 0 aliphatic rings. The summed E-state index contributed by atoms with van der Waals surface area (Å²) in [5, 5.41) is 15.1. The fraction of sp³-hybridized carbons (Fsp3) is 0.214. The second-order valence-electron chi connectivity index (χ2n) is 4.13. The minimum absolute atomic E-state index is 0.0747. The van der Waals surface area contributed by atoms with E-state index in [-0.39, 0.29) is 24.5 Å². The third kappa shape index (κ3) is 3.64. The fourth-order valence-corrected chi connectivity index (χ4v) is 1.61. The van der Waals surface area contributed by atoms with Crippen LogP contribution in [0.5, 0.6) is 0 Å². The summed E-state index contributed by atoms with van der Waals surface area (Å²) < 4.78 is 14.7. The van der Waals surface area contributed by atoms with Crippen LogP contribution in [0.3, 0.4) is 0 Å². The number of aliphatic hydroxyl groups is 1. The molecule has 0 aliphatic heterocycles. The van der Waals surface area contributed by atoms with Gasteiger partial charge in [-0.2, -0.15) is 10.1 Å². The molecule has 21 heavy (non-hydrogen) atoms. The van der Waals surface area contributed by atoms with Crippen LogP contribution >= 0.6 is 0 Å². The Morgan fingerprint density at radius 3 is 3.00 bits per heavy atom. The van der Waals surface area contributed by atoms with E-state index in [1.165, 1.54) is 23.1 Å². The van der Waals surface area contributed by atoms with Crippen molar-refractivity contribution < 1.29 is 14.3 Å². The number of aryl methyl sites for hydroxylation is 1. The van der Waals surface area contributed by atoms with Crippen molar-refractivity contribution >= 4 is 11.9 Å². The molecule has 108 valence electrons. The number of carbonyl (C=O) groups is 1. The van der Waals surface area contributed by atoms with Gasteiger partial charge in [-0.25, -0.2) is 9.07 Å². The number of rotatable bonds is 3. The molecule has 1 aromatic carbocycles. The SMILES string of the molecule is Cn1ncnc1NC(=O)c1cc(F)ccc1C#CCCO. The Bertz CT molecular complexity index is 715. The van der Waals surface area contributed by atoms with E-state index in [1.807, 2.05) is 0 Å². The fourth-order valence-electron chi connectivity index (χ4n) is 1.61. The molecule has 0 saturated heterocycles. The quantitative estimate of drug-likeness (QED) is 0.824. The van der Waals surface area contributed by atoms with Gasteiger partial charge in [-0.05, 0) is 18.2 Å². The Balaban J connectivity index is 2.29. The van der Waals surface area contributed by atoms with Crippen LogP contribution in [0, 0.1) is 17.7 Å². The first-order valence-corrected chi connectivity index (χ1v) is 6.16. The largest absolute Gasteiger partial charge is 0.395 e. The predicted octanol–water partition coefficient (Wildman–Crippen LogP) is 0.940. The number of hydrogen-bond donors (Lipinski definition) is 2. The van der Waals surface area contributed by atoms with Crippen molar-refractivity contribution in [3.05, 3.63) is 41.5 Å². The number of hydrogen-bond acceptors (Lipinski definition) is 4. The Morgan fingerprint density at radius 2 is 2.33 bits per heavy atom. The highest BCUT2D eigenvalue weighted by atomic mass is 19.1. The van der Waals surface area contributed by atoms with Crippen LogP contribution in [-0.2, 0) is 7.05 Å². The Hall–Kier alpha value is -2.72. The molecule has 0 fully saturated rings. The van der Waals surface area contributed by atoms with Gasteiger partial charge in [0, 0.05) is 19.0 Å². The van der Waals surface area contributed by atoms with Gasteiger partial charge in [0.25, 0.3) is 5.91 Å². The van der Waals surface area contributed by atoms with Gasteiger partial charge in [0.15, 0.2) is 0 Å². The highest BCUT2D eigenvalue weighted by Crippen LogP contribution is 2.12. The Kier molecular flexibility index (Phi) is 4.64. The summed E-state index contributed by atoms with van der Waals surface area (Å²) in [6.45, 7) is -0.0747. The summed E-state index contributed by atoms with van der Waals surface area (Å²) in [6.07, 6.45) is 1.57. The van der Waals surface area contributed by atoms with Crippen molar-refractivity contribution in [1.29, 1.82) is 0 Å². The molecular formula is C14H13FN4O2. The van der Waals surface area contributed by atoms with E-state index in [1.54, 1.807) is 7.05 Å². The zero-order chi connectivity index (χ0) is 15.2. The van der Waals surface area contributed by atoms with E-state index in [0.29, 0.717) is 5.56 Å². The molecule has 7 heteroatoms. The lowest BCUT2D eigenvalue weighted by molar-refractivity contribution is 0.102. The van der Waals surface area contributed by atoms with Gasteiger partial charge >= 0.3 is 0 Å². The summed E-state index contributed by atoms with van der Waals surface area (Å²) in [7, 11) is 1.62. The van der Waals surface area contributed by atoms with E-state index < -0.39 is 11.7 Å². The molecule has 1 aromatic heterocycles. The standard InChI is InChI=1S/C14H13FN4O2/c1-19-14(16-9-17-19)18-13(21)12-8-11(15)6-5-10(12)4-2-3-7-20/h5-6,8-9,20H,3,7H2,1H3,(H,16,17,18,21). The monoisotopic (exact) mass is 288 g/mol. The third-order valence-corrected chi connectivity index (χ3v) is 2.62. The molecule has 0 spiro atoms. The summed E-state index contributed by atoms with van der Waals surface area (Å²) in [5.74, 6) is 4.62.